The maximum Gasteiger partial charge on any atom is 0.407 e. The molecule has 2 aromatic carbocycles. The largest absolute Gasteiger partial charge is 0.444 e. The number of rotatable bonds is 9. The highest BCUT2D eigenvalue weighted by molar-refractivity contribution is 5.68. The summed E-state index contributed by atoms with van der Waals surface area (Å²) in [7, 11) is 0. The minimum absolute atomic E-state index is 0.244. The summed E-state index contributed by atoms with van der Waals surface area (Å²) in [6.07, 6.45) is -3.00. The van der Waals surface area contributed by atoms with Crippen molar-refractivity contribution in [1.29, 1.82) is 0 Å². The SMILES string of the molecule is CC(C)(C)OC(=O)N[C@@H](Cc1ccccc1)[C@H](O)[C@@H](O)[C@H](Cc1ccccc1)N=[N+]=[N-]. The van der Waals surface area contributed by atoms with E-state index in [9.17, 15) is 15.0 Å². The van der Waals surface area contributed by atoms with Gasteiger partial charge in [0.25, 0.3) is 0 Å². The molecule has 0 aliphatic heterocycles. The van der Waals surface area contributed by atoms with Crippen LogP contribution in [-0.2, 0) is 17.6 Å². The summed E-state index contributed by atoms with van der Waals surface area (Å²) in [5.41, 5.74) is 9.96. The first kappa shape index (κ1) is 24.2. The third-order valence-electron chi connectivity index (χ3n) is 4.64. The van der Waals surface area contributed by atoms with E-state index < -0.39 is 36.0 Å². The molecule has 0 heterocycles. The van der Waals surface area contributed by atoms with Gasteiger partial charge in [0, 0.05) is 4.91 Å². The number of azide groups is 1. The van der Waals surface area contributed by atoms with E-state index in [1.807, 2.05) is 60.7 Å². The Morgan fingerprint density at radius 3 is 2.00 bits per heavy atom. The molecule has 8 heteroatoms. The molecule has 2 aromatic rings. The first-order chi connectivity index (χ1) is 14.7. The van der Waals surface area contributed by atoms with Crippen molar-refractivity contribution in [3.05, 3.63) is 82.2 Å². The number of benzene rings is 2. The second kappa shape index (κ2) is 11.4. The fourth-order valence-corrected chi connectivity index (χ4v) is 3.20. The minimum atomic E-state index is -1.40. The fraction of sp³-hybridized carbons (Fsp3) is 0.435. The molecule has 0 spiro atoms. The van der Waals surface area contributed by atoms with Crippen LogP contribution in [-0.4, -0.2) is 46.2 Å². The molecule has 1 amide bonds. The molecule has 2 rings (SSSR count). The van der Waals surface area contributed by atoms with Crippen LogP contribution in [0.2, 0.25) is 0 Å². The molecule has 0 aliphatic rings. The van der Waals surface area contributed by atoms with Gasteiger partial charge in [-0.05, 0) is 50.3 Å². The van der Waals surface area contributed by atoms with Crippen LogP contribution < -0.4 is 5.32 Å². The first-order valence-corrected chi connectivity index (χ1v) is 10.2. The Balaban J connectivity index is 2.22. The highest BCUT2D eigenvalue weighted by Crippen LogP contribution is 2.17. The topological polar surface area (TPSA) is 128 Å². The average Bonchev–Trinajstić information content (AvgIpc) is 2.72. The smallest absolute Gasteiger partial charge is 0.407 e. The Labute approximate surface area is 182 Å². The van der Waals surface area contributed by atoms with Crippen LogP contribution in [0.3, 0.4) is 0 Å². The molecule has 0 saturated heterocycles. The summed E-state index contributed by atoms with van der Waals surface area (Å²) in [6.45, 7) is 5.21. The van der Waals surface area contributed by atoms with Crippen molar-refractivity contribution >= 4 is 6.09 Å². The molecule has 0 unspecified atom stereocenters. The van der Waals surface area contributed by atoms with Gasteiger partial charge in [-0.1, -0.05) is 65.8 Å². The lowest BCUT2D eigenvalue weighted by Crippen LogP contribution is -2.53. The van der Waals surface area contributed by atoms with Gasteiger partial charge in [-0.25, -0.2) is 4.79 Å². The zero-order chi connectivity index (χ0) is 22.9. The van der Waals surface area contributed by atoms with E-state index in [0.29, 0.717) is 0 Å². The van der Waals surface area contributed by atoms with Crippen LogP contribution in [0, 0.1) is 0 Å². The van der Waals surface area contributed by atoms with Gasteiger partial charge in [-0.2, -0.15) is 0 Å². The zero-order valence-electron chi connectivity index (χ0n) is 18.0. The van der Waals surface area contributed by atoms with E-state index in [0.717, 1.165) is 11.1 Å². The van der Waals surface area contributed by atoms with Crippen molar-refractivity contribution in [2.45, 2.75) is 63.5 Å². The molecule has 3 N–H and O–H groups in total. The zero-order valence-corrected chi connectivity index (χ0v) is 18.0. The number of aliphatic hydroxyl groups is 2. The summed E-state index contributed by atoms with van der Waals surface area (Å²) in [4.78, 5) is 15.2. The molecule has 4 atom stereocenters. The summed E-state index contributed by atoms with van der Waals surface area (Å²) < 4.78 is 5.31. The Hall–Kier alpha value is -3.06. The number of carbonyl (C=O) groups excluding carboxylic acids is 1. The molecular weight excluding hydrogens is 396 g/mol. The number of hydrogen-bond donors (Lipinski definition) is 3. The fourth-order valence-electron chi connectivity index (χ4n) is 3.20. The lowest BCUT2D eigenvalue weighted by molar-refractivity contribution is -0.0204. The van der Waals surface area contributed by atoms with Crippen LogP contribution in [0.15, 0.2) is 65.8 Å². The standard InChI is InChI=1S/C23H30N4O4/c1-23(2,3)31-22(30)25-18(14-16-10-6-4-7-11-16)20(28)21(29)19(26-27-24)15-17-12-8-5-9-13-17/h4-13,18-21,28-29H,14-15H2,1-3H3,(H,25,30)/t18-,19-,20-,21-/m0/s1. The molecule has 0 fully saturated rings. The molecule has 0 saturated carbocycles. The van der Waals surface area contributed by atoms with E-state index in [2.05, 4.69) is 15.3 Å². The van der Waals surface area contributed by atoms with Gasteiger partial charge in [0.15, 0.2) is 0 Å². The molecule has 166 valence electrons. The van der Waals surface area contributed by atoms with Crippen LogP contribution in [0.25, 0.3) is 10.4 Å². The van der Waals surface area contributed by atoms with Crippen molar-refractivity contribution in [2.24, 2.45) is 5.11 Å². The van der Waals surface area contributed by atoms with Crippen molar-refractivity contribution in [3.8, 4) is 0 Å². The maximum absolute atomic E-state index is 12.4. The highest BCUT2D eigenvalue weighted by Gasteiger charge is 2.34. The number of alkyl carbamates (subject to hydrolysis) is 1. The quantitative estimate of drug-likeness (QED) is 0.320. The van der Waals surface area contributed by atoms with Gasteiger partial charge < -0.3 is 20.3 Å². The van der Waals surface area contributed by atoms with Crippen LogP contribution >= 0.6 is 0 Å². The van der Waals surface area contributed by atoms with Crippen molar-refractivity contribution in [1.82, 2.24) is 5.32 Å². The molecule has 8 nitrogen and oxygen atoms in total. The molecule has 0 aliphatic carbocycles. The Kier molecular flexibility index (Phi) is 8.88. The summed E-state index contributed by atoms with van der Waals surface area (Å²) >= 11 is 0. The molecular formula is C23H30N4O4. The number of hydrogen-bond acceptors (Lipinski definition) is 5. The average molecular weight is 427 g/mol. The summed E-state index contributed by atoms with van der Waals surface area (Å²) in [5, 5.41) is 28.2. The van der Waals surface area contributed by atoms with E-state index in [1.165, 1.54) is 0 Å². The van der Waals surface area contributed by atoms with Gasteiger partial charge in [-0.3, -0.25) is 0 Å². The van der Waals surface area contributed by atoms with Gasteiger partial charge in [0.05, 0.1) is 18.2 Å². The third-order valence-corrected chi connectivity index (χ3v) is 4.64. The maximum atomic E-state index is 12.4. The molecule has 0 radical (unpaired) electrons. The van der Waals surface area contributed by atoms with Crippen molar-refractivity contribution < 1.29 is 19.7 Å². The predicted octanol–water partition coefficient (Wildman–Crippen LogP) is 3.77. The Morgan fingerprint density at radius 2 is 1.52 bits per heavy atom. The molecule has 0 aromatic heterocycles. The van der Waals surface area contributed by atoms with E-state index in [4.69, 9.17) is 10.3 Å². The number of nitrogens with one attached hydrogen (secondary N) is 1. The Morgan fingerprint density at radius 1 is 1.00 bits per heavy atom. The lowest BCUT2D eigenvalue weighted by Gasteiger charge is -2.31. The van der Waals surface area contributed by atoms with E-state index >= 15 is 0 Å². The predicted molar refractivity (Wildman–Crippen MR) is 118 cm³/mol. The van der Waals surface area contributed by atoms with Crippen molar-refractivity contribution in [3.63, 3.8) is 0 Å². The number of aliphatic hydroxyl groups excluding tert-OH is 2. The molecule has 31 heavy (non-hydrogen) atoms. The van der Waals surface area contributed by atoms with Gasteiger partial charge >= 0.3 is 6.09 Å². The second-order valence-corrected chi connectivity index (χ2v) is 8.39. The summed E-state index contributed by atoms with van der Waals surface area (Å²) in [6, 6.07) is 16.7. The van der Waals surface area contributed by atoms with Gasteiger partial charge in [-0.15, -0.1) is 0 Å². The van der Waals surface area contributed by atoms with Crippen molar-refractivity contribution in [2.75, 3.05) is 0 Å². The number of ether oxygens (including phenoxy) is 1. The molecule has 0 bridgehead atoms. The number of nitrogens with zero attached hydrogens (tertiary/aromatic N) is 3. The highest BCUT2D eigenvalue weighted by atomic mass is 16.6. The first-order valence-electron chi connectivity index (χ1n) is 10.2. The normalized spacial score (nSPS) is 15.1. The lowest BCUT2D eigenvalue weighted by atomic mass is 9.91. The van der Waals surface area contributed by atoms with Crippen LogP contribution in [0.5, 0.6) is 0 Å². The van der Waals surface area contributed by atoms with Gasteiger partial charge in [0.1, 0.15) is 11.7 Å². The monoisotopic (exact) mass is 426 g/mol. The minimum Gasteiger partial charge on any atom is -0.444 e. The van der Waals surface area contributed by atoms with Crippen LogP contribution in [0.1, 0.15) is 31.9 Å². The Bertz CT molecular complexity index is 864. The second-order valence-electron chi connectivity index (χ2n) is 8.39. The third kappa shape index (κ3) is 8.30. The number of carbonyl (C=O) groups is 1. The van der Waals surface area contributed by atoms with E-state index in [-0.39, 0.29) is 12.8 Å². The number of amides is 1. The summed E-state index contributed by atoms with van der Waals surface area (Å²) in [5.74, 6) is 0. The van der Waals surface area contributed by atoms with E-state index in [1.54, 1.807) is 20.8 Å². The van der Waals surface area contributed by atoms with Gasteiger partial charge in [0.2, 0.25) is 0 Å². The van der Waals surface area contributed by atoms with Crippen LogP contribution in [0.4, 0.5) is 4.79 Å².